The summed E-state index contributed by atoms with van der Waals surface area (Å²) in [7, 11) is 0. The summed E-state index contributed by atoms with van der Waals surface area (Å²) < 4.78 is 7.45. The van der Waals surface area contributed by atoms with E-state index in [1.807, 2.05) is 0 Å². The molecule has 0 aromatic carbocycles. The summed E-state index contributed by atoms with van der Waals surface area (Å²) in [5, 5.41) is 7.97. The molecule has 250 valence electrons. The van der Waals surface area contributed by atoms with Crippen LogP contribution >= 0.6 is 37.9 Å². The van der Waals surface area contributed by atoms with Gasteiger partial charge in [0.1, 0.15) is 18.7 Å². The molecule has 43 heavy (non-hydrogen) atoms. The molecule has 0 heterocycles. The Kier molecular flexibility index (Phi) is 18.2. The van der Waals surface area contributed by atoms with Crippen LogP contribution in [0, 0.1) is 0 Å². The molecule has 0 saturated carbocycles. The number of esters is 2. The highest BCUT2D eigenvalue weighted by atomic mass is 32.1. The van der Waals surface area contributed by atoms with Crippen molar-refractivity contribution in [1.29, 1.82) is 0 Å². The van der Waals surface area contributed by atoms with Crippen LogP contribution in [0.5, 0.6) is 0 Å². The van der Waals surface area contributed by atoms with Gasteiger partial charge in [0, 0.05) is 14.2 Å². The van der Waals surface area contributed by atoms with Crippen LogP contribution in [-0.2, 0) is 43.2 Å². The smallest absolute Gasteiger partial charge is 0.330 e. The van der Waals surface area contributed by atoms with E-state index in [-0.39, 0.29) is 19.8 Å². The number of ether oxygens (including phenoxy) is 2. The Balaban J connectivity index is 6.00. The first-order valence-corrected chi connectivity index (χ1v) is 15.4. The molecule has 0 fully saturated rings. The number of amides is 3. The van der Waals surface area contributed by atoms with E-state index in [9.17, 15) is 24.0 Å². The van der Waals surface area contributed by atoms with Crippen LogP contribution in [0.15, 0.2) is 0 Å². The van der Waals surface area contributed by atoms with Crippen molar-refractivity contribution in [3.63, 3.8) is 0 Å². The quantitative estimate of drug-likeness (QED) is 0.0362. The van der Waals surface area contributed by atoms with Gasteiger partial charge >= 0.3 is 11.9 Å². The number of carbonyl (C=O) groups excluding carboxylic acids is 5. The van der Waals surface area contributed by atoms with E-state index < -0.39 is 81.7 Å². The Morgan fingerprint density at radius 3 is 1.28 bits per heavy atom. The number of hydrogen-bond donors (Lipinski definition) is 6. The number of nitrogens with one attached hydrogen (secondary N) is 3. The lowest BCUT2D eigenvalue weighted by Crippen LogP contribution is -2.58. The highest BCUT2D eigenvalue weighted by Crippen LogP contribution is 2.21. The lowest BCUT2D eigenvalue weighted by atomic mass is 10.0. The van der Waals surface area contributed by atoms with Crippen molar-refractivity contribution in [3.8, 4) is 0 Å². The van der Waals surface area contributed by atoms with E-state index in [1.54, 1.807) is 62.3 Å². The predicted octanol–water partition coefficient (Wildman–Crippen LogP) is 0.962. The van der Waals surface area contributed by atoms with Crippen molar-refractivity contribution in [2.24, 2.45) is 0 Å². The molecule has 16 heteroatoms. The number of rotatable bonds is 20. The topological polar surface area (TPSA) is 162 Å². The fourth-order valence-electron chi connectivity index (χ4n) is 3.55. The second kappa shape index (κ2) is 18.9. The van der Waals surface area contributed by atoms with Crippen LogP contribution in [0.3, 0.4) is 0 Å². The summed E-state index contributed by atoms with van der Waals surface area (Å²) in [6.07, 6.45) is 0. The molecule has 3 atom stereocenters. The molecule has 0 aromatic heterocycles. The first-order valence-electron chi connectivity index (χ1n) is 14.0. The number of hydrogen-bond acceptors (Lipinski definition) is 13. The van der Waals surface area contributed by atoms with Gasteiger partial charge in [-0.2, -0.15) is 37.9 Å². The minimum Gasteiger partial charge on any atom is -0.464 e. The van der Waals surface area contributed by atoms with Gasteiger partial charge in [0.2, 0.25) is 17.7 Å². The van der Waals surface area contributed by atoms with Crippen LogP contribution in [0.1, 0.15) is 62.3 Å². The lowest BCUT2D eigenvalue weighted by Gasteiger charge is -2.32. The first kappa shape index (κ1) is 41.3. The summed E-state index contributed by atoms with van der Waals surface area (Å²) in [5.41, 5.74) is 0. The summed E-state index contributed by atoms with van der Waals surface area (Å²) in [5.74, 6) is -3.23. The van der Waals surface area contributed by atoms with Crippen LogP contribution < -0.4 is 16.0 Å². The van der Waals surface area contributed by atoms with Gasteiger partial charge in [0.15, 0.2) is 0 Å². The molecule has 3 unspecified atom stereocenters. The minimum absolute atomic E-state index is 0.00640. The normalized spacial score (nSPS) is 14.3. The Morgan fingerprint density at radius 2 is 0.977 bits per heavy atom. The van der Waals surface area contributed by atoms with Crippen molar-refractivity contribution >= 4 is 67.5 Å². The Labute approximate surface area is 271 Å². The molecule has 0 radical (unpaired) electrons. The number of nitrogens with zero attached hydrogens (tertiary/aromatic N) is 1. The van der Waals surface area contributed by atoms with Gasteiger partial charge in [-0.05, 0) is 62.3 Å². The standard InChI is InChI=1S/C27H50N4O9S3/c1-10-37-23(35)21(26(6,7)42)29-19(33)14-31(13-18(32)28-17(25(4,5)41)16-40-39-12-3)15-20(34)30-22(27(8,9)43)24(36)38-11-2/h17,21-22,41-43H,10-16H2,1-9H3,(H,28,32)(H,29,33)(H,30,34). The van der Waals surface area contributed by atoms with Gasteiger partial charge in [-0.15, -0.1) is 0 Å². The van der Waals surface area contributed by atoms with Crippen LogP contribution in [0.4, 0.5) is 0 Å². The van der Waals surface area contributed by atoms with Gasteiger partial charge in [-0.25, -0.2) is 19.4 Å². The van der Waals surface area contributed by atoms with E-state index in [1.165, 1.54) is 4.90 Å². The molecule has 3 amide bonds. The fraction of sp³-hybridized carbons (Fsp3) is 0.815. The Bertz CT molecular complexity index is 882. The van der Waals surface area contributed by atoms with Gasteiger partial charge in [0.25, 0.3) is 0 Å². The summed E-state index contributed by atoms with van der Waals surface area (Å²) in [6.45, 7) is 14.3. The molecule has 0 bridgehead atoms. The Hall–Kier alpha value is -1.72. The molecule has 0 aliphatic carbocycles. The largest absolute Gasteiger partial charge is 0.464 e. The second-order valence-electron chi connectivity index (χ2n) is 11.4. The highest BCUT2D eigenvalue weighted by molar-refractivity contribution is 7.82. The second-order valence-corrected chi connectivity index (χ2v) is 14.9. The molecule has 3 N–H and O–H groups in total. The summed E-state index contributed by atoms with van der Waals surface area (Å²) in [4.78, 5) is 75.7. The number of carbonyl (C=O) groups is 5. The molecule has 0 aliphatic heterocycles. The summed E-state index contributed by atoms with van der Waals surface area (Å²) >= 11 is 13.4. The zero-order chi connectivity index (χ0) is 33.6. The third-order valence-electron chi connectivity index (χ3n) is 5.79. The SMILES string of the molecule is CCOOCC(NC(=O)CN(CC(=O)NC(C(=O)OCC)C(C)(C)S)CC(=O)NC(C(=O)OCC)C(C)(C)S)C(C)(C)S. The van der Waals surface area contributed by atoms with Crippen LogP contribution in [0.2, 0.25) is 0 Å². The van der Waals surface area contributed by atoms with Crippen molar-refractivity contribution < 1.29 is 43.2 Å². The minimum atomic E-state index is -1.11. The van der Waals surface area contributed by atoms with Gasteiger partial charge in [0.05, 0.1) is 45.5 Å². The van der Waals surface area contributed by atoms with Gasteiger partial charge in [-0.3, -0.25) is 19.3 Å². The number of thiol groups is 3. The van der Waals surface area contributed by atoms with Crippen LogP contribution in [0.25, 0.3) is 0 Å². The van der Waals surface area contributed by atoms with Crippen molar-refractivity contribution in [1.82, 2.24) is 20.9 Å². The highest BCUT2D eigenvalue weighted by Gasteiger charge is 2.37. The molecule has 0 spiro atoms. The van der Waals surface area contributed by atoms with Gasteiger partial charge < -0.3 is 25.4 Å². The van der Waals surface area contributed by atoms with Crippen molar-refractivity contribution in [3.05, 3.63) is 0 Å². The molecular weight excluding hydrogens is 621 g/mol. The van der Waals surface area contributed by atoms with Gasteiger partial charge in [-0.1, -0.05) is 0 Å². The molecule has 0 saturated heterocycles. The van der Waals surface area contributed by atoms with E-state index >= 15 is 0 Å². The van der Waals surface area contributed by atoms with Crippen molar-refractivity contribution in [2.45, 2.75) is 94.7 Å². The third-order valence-corrected chi connectivity index (χ3v) is 6.62. The zero-order valence-corrected chi connectivity index (χ0v) is 29.3. The van der Waals surface area contributed by atoms with E-state index in [4.69, 9.17) is 19.2 Å². The monoisotopic (exact) mass is 670 g/mol. The van der Waals surface area contributed by atoms with E-state index in [2.05, 4.69) is 53.8 Å². The molecule has 0 rings (SSSR count). The summed E-state index contributed by atoms with van der Waals surface area (Å²) in [6, 6.07) is -2.83. The fourth-order valence-corrected chi connectivity index (χ4v) is 4.03. The molecule has 0 aromatic rings. The molecule has 0 aliphatic rings. The molecular formula is C27H50N4O9S3. The maximum absolute atomic E-state index is 13.1. The first-order chi connectivity index (χ1) is 19.7. The zero-order valence-electron chi connectivity index (χ0n) is 26.6. The lowest BCUT2D eigenvalue weighted by molar-refractivity contribution is -0.295. The van der Waals surface area contributed by atoms with Crippen LogP contribution in [-0.4, -0.2) is 113 Å². The Morgan fingerprint density at radius 1 is 0.605 bits per heavy atom. The molecule has 13 nitrogen and oxygen atoms in total. The average Bonchev–Trinajstić information content (AvgIpc) is 2.83. The average molecular weight is 671 g/mol. The maximum atomic E-state index is 13.1. The van der Waals surface area contributed by atoms with E-state index in [0.717, 1.165) is 0 Å². The third kappa shape index (κ3) is 16.8. The predicted molar refractivity (Wildman–Crippen MR) is 172 cm³/mol. The maximum Gasteiger partial charge on any atom is 0.330 e. The van der Waals surface area contributed by atoms with Crippen molar-refractivity contribution in [2.75, 3.05) is 46.1 Å². The van der Waals surface area contributed by atoms with E-state index in [0.29, 0.717) is 6.61 Å².